The molecular weight excluding hydrogens is 324 g/mol. The maximum Gasteiger partial charge on any atom is 0.207 e. The Morgan fingerprint density at radius 2 is 1.92 bits per heavy atom. The molecule has 1 aliphatic heterocycles. The molecule has 0 unspecified atom stereocenters. The van der Waals surface area contributed by atoms with Crippen molar-refractivity contribution < 1.29 is 5.11 Å². The van der Waals surface area contributed by atoms with Crippen LogP contribution in [0.15, 0.2) is 60.8 Å². The van der Waals surface area contributed by atoms with E-state index < -0.39 is 0 Å². The summed E-state index contributed by atoms with van der Waals surface area (Å²) in [5, 5.41) is 13.0. The number of hydrogen-bond acceptors (Lipinski definition) is 4. The molecule has 5 heteroatoms. The number of aromatic nitrogens is 2. The van der Waals surface area contributed by atoms with E-state index in [-0.39, 0.29) is 0 Å². The average Bonchev–Trinajstić information content (AvgIpc) is 3.05. The van der Waals surface area contributed by atoms with Gasteiger partial charge in [-0.3, -0.25) is 4.90 Å². The first-order valence-corrected chi connectivity index (χ1v) is 9.15. The number of imidazole rings is 1. The Morgan fingerprint density at radius 3 is 2.77 bits per heavy atom. The van der Waals surface area contributed by atoms with E-state index in [2.05, 4.69) is 38.0 Å². The number of nitrogens with zero attached hydrogens (tertiary/aromatic N) is 3. The molecule has 26 heavy (non-hydrogen) atoms. The Hall–Kier alpha value is -2.79. The number of phenols is 1. The number of aromatic hydroxyl groups is 1. The van der Waals surface area contributed by atoms with Crippen LogP contribution in [-0.4, -0.2) is 32.6 Å². The van der Waals surface area contributed by atoms with Crippen LogP contribution in [0.25, 0.3) is 0 Å². The molecule has 0 aliphatic carbocycles. The topological polar surface area (TPSA) is 53.3 Å². The number of phenolic OH excluding ortho intramolecular Hbond substituents is 1. The van der Waals surface area contributed by atoms with Crippen LogP contribution in [0.3, 0.4) is 0 Å². The maximum atomic E-state index is 9.55. The van der Waals surface area contributed by atoms with Crippen LogP contribution in [0.4, 0.5) is 11.6 Å². The van der Waals surface area contributed by atoms with Gasteiger partial charge in [0, 0.05) is 25.3 Å². The van der Waals surface area contributed by atoms with E-state index >= 15 is 0 Å². The van der Waals surface area contributed by atoms with E-state index in [0.717, 1.165) is 50.7 Å². The number of fused-ring (bicyclic) bond motifs is 1. The molecule has 5 nitrogen and oxygen atoms in total. The Bertz CT molecular complexity index is 859. The highest BCUT2D eigenvalue weighted by atomic mass is 16.3. The Morgan fingerprint density at radius 1 is 1.04 bits per heavy atom. The second kappa shape index (κ2) is 7.62. The van der Waals surface area contributed by atoms with E-state index in [1.165, 1.54) is 11.3 Å². The molecule has 3 aromatic rings. The third kappa shape index (κ3) is 3.89. The van der Waals surface area contributed by atoms with Gasteiger partial charge in [0.1, 0.15) is 5.75 Å². The van der Waals surface area contributed by atoms with Gasteiger partial charge in [-0.25, -0.2) is 4.98 Å². The largest absolute Gasteiger partial charge is 0.508 e. The smallest absolute Gasteiger partial charge is 0.207 e. The van der Waals surface area contributed by atoms with Gasteiger partial charge in [-0.15, -0.1) is 0 Å². The zero-order chi connectivity index (χ0) is 17.8. The van der Waals surface area contributed by atoms with Gasteiger partial charge in [0.2, 0.25) is 5.95 Å². The molecule has 2 heterocycles. The number of rotatable bonds is 6. The Kier molecular flexibility index (Phi) is 4.88. The summed E-state index contributed by atoms with van der Waals surface area (Å²) < 4.78 is 2.28. The average molecular weight is 348 g/mol. The molecule has 1 aromatic heterocycles. The molecule has 4 rings (SSSR count). The molecule has 0 amide bonds. The summed E-state index contributed by atoms with van der Waals surface area (Å²) >= 11 is 0. The van der Waals surface area contributed by atoms with Crippen molar-refractivity contribution in [3.05, 3.63) is 72.1 Å². The summed E-state index contributed by atoms with van der Waals surface area (Å²) in [6.45, 7) is 3.98. The molecule has 1 aliphatic rings. The molecule has 0 bridgehead atoms. The number of hydrogen-bond donors (Lipinski definition) is 2. The van der Waals surface area contributed by atoms with E-state index in [4.69, 9.17) is 0 Å². The Labute approximate surface area is 153 Å². The molecule has 0 saturated heterocycles. The highest BCUT2D eigenvalue weighted by Crippen LogP contribution is 2.21. The summed E-state index contributed by atoms with van der Waals surface area (Å²) in [6.07, 6.45) is 4.06. The van der Waals surface area contributed by atoms with Gasteiger partial charge < -0.3 is 15.0 Å². The van der Waals surface area contributed by atoms with Crippen LogP contribution in [0.1, 0.15) is 17.7 Å². The van der Waals surface area contributed by atoms with E-state index in [1.54, 1.807) is 6.07 Å². The van der Waals surface area contributed by atoms with E-state index in [0.29, 0.717) is 5.75 Å². The quantitative estimate of drug-likeness (QED) is 0.712. The minimum atomic E-state index is 0.350. The SMILES string of the molecule is Oc1cccc(CCCN2CCn3c(cnc3Nc3ccccc3)C2)c1. The van der Waals surface area contributed by atoms with Crippen molar-refractivity contribution in [3.63, 3.8) is 0 Å². The van der Waals surface area contributed by atoms with Crippen molar-refractivity contribution in [2.45, 2.75) is 25.9 Å². The molecule has 0 fully saturated rings. The first kappa shape index (κ1) is 16.7. The van der Waals surface area contributed by atoms with Gasteiger partial charge in [-0.05, 0) is 49.2 Å². The first-order chi connectivity index (χ1) is 12.8. The normalized spacial score (nSPS) is 14.2. The summed E-state index contributed by atoms with van der Waals surface area (Å²) in [6, 6.07) is 17.7. The van der Waals surface area contributed by atoms with Gasteiger partial charge in [-0.1, -0.05) is 30.3 Å². The van der Waals surface area contributed by atoms with Crippen LogP contribution < -0.4 is 5.32 Å². The number of para-hydroxylation sites is 1. The fourth-order valence-electron chi connectivity index (χ4n) is 3.50. The monoisotopic (exact) mass is 348 g/mol. The van der Waals surface area contributed by atoms with Crippen molar-refractivity contribution >= 4 is 11.6 Å². The maximum absolute atomic E-state index is 9.55. The molecule has 134 valence electrons. The van der Waals surface area contributed by atoms with E-state index in [1.807, 2.05) is 36.5 Å². The van der Waals surface area contributed by atoms with Crippen LogP contribution in [0.5, 0.6) is 5.75 Å². The second-order valence-electron chi connectivity index (χ2n) is 6.77. The lowest BCUT2D eigenvalue weighted by Crippen LogP contribution is -2.34. The lowest BCUT2D eigenvalue weighted by molar-refractivity contribution is 0.220. The first-order valence-electron chi connectivity index (χ1n) is 9.15. The van der Waals surface area contributed by atoms with Gasteiger partial charge in [0.25, 0.3) is 0 Å². The molecule has 0 radical (unpaired) electrons. The molecule has 2 N–H and O–H groups in total. The van der Waals surface area contributed by atoms with Crippen molar-refractivity contribution in [1.82, 2.24) is 14.5 Å². The summed E-state index contributed by atoms with van der Waals surface area (Å²) in [7, 11) is 0. The lowest BCUT2D eigenvalue weighted by atomic mass is 10.1. The fraction of sp³-hybridized carbons (Fsp3) is 0.286. The summed E-state index contributed by atoms with van der Waals surface area (Å²) in [5.41, 5.74) is 3.52. The predicted octanol–water partition coefficient (Wildman–Crippen LogP) is 3.78. The predicted molar refractivity (Wildman–Crippen MR) is 104 cm³/mol. The minimum Gasteiger partial charge on any atom is -0.508 e. The third-order valence-electron chi connectivity index (χ3n) is 4.84. The van der Waals surface area contributed by atoms with Gasteiger partial charge in [-0.2, -0.15) is 0 Å². The molecular formula is C21H24N4O. The van der Waals surface area contributed by atoms with Gasteiger partial charge in [0.15, 0.2) is 0 Å². The number of aryl methyl sites for hydroxylation is 1. The summed E-state index contributed by atoms with van der Waals surface area (Å²) in [5.74, 6) is 1.27. The second-order valence-corrected chi connectivity index (χ2v) is 6.77. The van der Waals surface area contributed by atoms with Crippen molar-refractivity contribution in [1.29, 1.82) is 0 Å². The van der Waals surface area contributed by atoms with Crippen molar-refractivity contribution in [3.8, 4) is 5.75 Å². The van der Waals surface area contributed by atoms with Crippen LogP contribution >= 0.6 is 0 Å². The van der Waals surface area contributed by atoms with Crippen LogP contribution in [-0.2, 0) is 19.5 Å². The van der Waals surface area contributed by atoms with Gasteiger partial charge >= 0.3 is 0 Å². The number of anilines is 2. The van der Waals surface area contributed by atoms with E-state index in [9.17, 15) is 5.11 Å². The summed E-state index contributed by atoms with van der Waals surface area (Å²) in [4.78, 5) is 7.04. The molecule has 0 spiro atoms. The fourth-order valence-corrected chi connectivity index (χ4v) is 3.50. The molecule has 0 atom stereocenters. The highest BCUT2D eigenvalue weighted by Gasteiger charge is 2.19. The van der Waals surface area contributed by atoms with Crippen LogP contribution in [0, 0.1) is 0 Å². The zero-order valence-electron chi connectivity index (χ0n) is 14.8. The van der Waals surface area contributed by atoms with Crippen molar-refractivity contribution in [2.75, 3.05) is 18.4 Å². The minimum absolute atomic E-state index is 0.350. The number of nitrogens with one attached hydrogen (secondary N) is 1. The van der Waals surface area contributed by atoms with Gasteiger partial charge in [0.05, 0.1) is 11.9 Å². The lowest BCUT2D eigenvalue weighted by Gasteiger charge is -2.28. The number of benzene rings is 2. The third-order valence-corrected chi connectivity index (χ3v) is 4.84. The highest BCUT2D eigenvalue weighted by molar-refractivity contribution is 5.53. The standard InChI is InChI=1S/C21H24N4O/c26-20-10-4-6-17(14-20)7-5-11-24-12-13-25-19(16-24)15-22-21(25)23-18-8-2-1-3-9-18/h1-4,6,8-10,14-15,26H,5,7,11-13,16H2,(H,22,23). The molecule has 0 saturated carbocycles. The molecule has 2 aromatic carbocycles. The van der Waals surface area contributed by atoms with Crippen molar-refractivity contribution in [2.24, 2.45) is 0 Å². The van der Waals surface area contributed by atoms with Crippen LogP contribution in [0.2, 0.25) is 0 Å². The Balaban J connectivity index is 1.32. The zero-order valence-corrected chi connectivity index (χ0v) is 14.8.